The van der Waals surface area contributed by atoms with Crippen molar-refractivity contribution in [2.45, 2.75) is 25.8 Å². The fourth-order valence-electron chi connectivity index (χ4n) is 2.18. The highest BCUT2D eigenvalue weighted by Gasteiger charge is 2.31. The van der Waals surface area contributed by atoms with E-state index in [9.17, 15) is 0 Å². The summed E-state index contributed by atoms with van der Waals surface area (Å²) in [5.41, 5.74) is 0. The number of rotatable bonds is 2. The average molecular weight is 310 g/mol. The maximum Gasteiger partial charge on any atom is 0.225 e. The van der Waals surface area contributed by atoms with Crippen molar-refractivity contribution in [2.75, 3.05) is 11.4 Å². The van der Waals surface area contributed by atoms with Gasteiger partial charge < -0.3 is 9.42 Å². The van der Waals surface area contributed by atoms with Crippen molar-refractivity contribution in [1.82, 2.24) is 20.1 Å². The smallest absolute Gasteiger partial charge is 0.225 e. The van der Waals surface area contributed by atoms with Crippen LogP contribution in [-0.4, -0.2) is 26.7 Å². The minimum Gasteiger partial charge on any atom is -0.340 e. The standard InChI is InChI=1S/C11H12BrN5O/c1-7-15-10(16-18-7)9-3-2-4-17(9)11-13-5-8(12)6-14-11/h5-6,9H,2-4H2,1H3. The van der Waals surface area contributed by atoms with Gasteiger partial charge in [-0.2, -0.15) is 4.98 Å². The molecule has 0 amide bonds. The topological polar surface area (TPSA) is 67.9 Å². The fraction of sp³-hybridized carbons (Fsp3) is 0.455. The molecule has 0 radical (unpaired) electrons. The van der Waals surface area contributed by atoms with Crippen LogP contribution < -0.4 is 4.90 Å². The maximum atomic E-state index is 5.04. The second-order valence-corrected chi connectivity index (χ2v) is 5.14. The van der Waals surface area contributed by atoms with Crippen LogP contribution in [0.2, 0.25) is 0 Å². The van der Waals surface area contributed by atoms with Gasteiger partial charge in [0.2, 0.25) is 11.8 Å². The van der Waals surface area contributed by atoms with Crippen molar-refractivity contribution in [3.05, 3.63) is 28.6 Å². The fourth-order valence-corrected chi connectivity index (χ4v) is 2.38. The van der Waals surface area contributed by atoms with Crippen LogP contribution in [0.3, 0.4) is 0 Å². The van der Waals surface area contributed by atoms with Crippen LogP contribution in [0.5, 0.6) is 0 Å². The summed E-state index contributed by atoms with van der Waals surface area (Å²) in [5, 5.41) is 4.00. The van der Waals surface area contributed by atoms with Gasteiger partial charge in [-0.05, 0) is 28.8 Å². The van der Waals surface area contributed by atoms with E-state index in [1.165, 1.54) is 0 Å². The van der Waals surface area contributed by atoms with Crippen LogP contribution in [0.15, 0.2) is 21.4 Å². The molecule has 0 N–H and O–H groups in total. The Hall–Kier alpha value is -1.50. The molecule has 1 saturated heterocycles. The molecule has 0 aromatic carbocycles. The van der Waals surface area contributed by atoms with Gasteiger partial charge in [-0.25, -0.2) is 9.97 Å². The lowest BCUT2D eigenvalue weighted by molar-refractivity contribution is 0.383. The van der Waals surface area contributed by atoms with E-state index in [0.29, 0.717) is 11.8 Å². The summed E-state index contributed by atoms with van der Waals surface area (Å²) < 4.78 is 5.92. The first kappa shape index (κ1) is 11.6. The van der Waals surface area contributed by atoms with Crippen LogP contribution >= 0.6 is 15.9 Å². The Morgan fingerprint density at radius 1 is 1.39 bits per heavy atom. The molecule has 18 heavy (non-hydrogen) atoms. The number of aromatic nitrogens is 4. The summed E-state index contributed by atoms with van der Waals surface area (Å²) in [6.07, 6.45) is 5.58. The predicted octanol–water partition coefficient (Wildman–Crippen LogP) is 2.27. The van der Waals surface area contributed by atoms with Gasteiger partial charge in [-0.3, -0.25) is 0 Å². The molecule has 1 fully saturated rings. The summed E-state index contributed by atoms with van der Waals surface area (Å²) >= 11 is 3.33. The molecule has 7 heteroatoms. The lowest BCUT2D eigenvalue weighted by atomic mass is 10.2. The third kappa shape index (κ3) is 2.10. The molecule has 1 aliphatic rings. The second kappa shape index (κ2) is 4.64. The third-order valence-electron chi connectivity index (χ3n) is 2.96. The Morgan fingerprint density at radius 3 is 2.83 bits per heavy atom. The molecule has 3 heterocycles. The number of hydrogen-bond acceptors (Lipinski definition) is 6. The molecule has 1 unspecified atom stereocenters. The normalized spacial score (nSPS) is 19.4. The highest BCUT2D eigenvalue weighted by Crippen LogP contribution is 2.32. The Bertz CT molecular complexity index is 541. The third-order valence-corrected chi connectivity index (χ3v) is 3.37. The van der Waals surface area contributed by atoms with Crippen LogP contribution in [-0.2, 0) is 0 Å². The van der Waals surface area contributed by atoms with E-state index in [1.807, 2.05) is 0 Å². The average Bonchev–Trinajstić information content (AvgIpc) is 2.98. The van der Waals surface area contributed by atoms with E-state index in [0.717, 1.165) is 29.7 Å². The highest BCUT2D eigenvalue weighted by atomic mass is 79.9. The van der Waals surface area contributed by atoms with Gasteiger partial charge in [-0.15, -0.1) is 0 Å². The Labute approximate surface area is 113 Å². The molecule has 94 valence electrons. The van der Waals surface area contributed by atoms with Crippen LogP contribution in [0.1, 0.15) is 30.6 Å². The number of halogens is 1. The molecule has 6 nitrogen and oxygen atoms in total. The van der Waals surface area contributed by atoms with Crippen molar-refractivity contribution in [1.29, 1.82) is 0 Å². The Kier molecular flexibility index (Phi) is 2.99. The van der Waals surface area contributed by atoms with Crippen LogP contribution in [0, 0.1) is 6.92 Å². The van der Waals surface area contributed by atoms with Gasteiger partial charge in [0, 0.05) is 25.9 Å². The van der Waals surface area contributed by atoms with Gasteiger partial charge in [0.1, 0.15) is 0 Å². The molecule has 3 rings (SSSR count). The van der Waals surface area contributed by atoms with Crippen molar-refractivity contribution in [3.8, 4) is 0 Å². The van der Waals surface area contributed by atoms with Crippen molar-refractivity contribution in [2.24, 2.45) is 0 Å². The predicted molar refractivity (Wildman–Crippen MR) is 68.1 cm³/mol. The summed E-state index contributed by atoms with van der Waals surface area (Å²) in [5.74, 6) is 2.02. The molecule has 1 aliphatic heterocycles. The minimum absolute atomic E-state index is 0.114. The lowest BCUT2D eigenvalue weighted by Crippen LogP contribution is -2.25. The number of anilines is 1. The largest absolute Gasteiger partial charge is 0.340 e. The van der Waals surface area contributed by atoms with E-state index in [2.05, 4.69) is 40.9 Å². The van der Waals surface area contributed by atoms with Crippen LogP contribution in [0.4, 0.5) is 5.95 Å². The highest BCUT2D eigenvalue weighted by molar-refractivity contribution is 9.10. The number of nitrogens with zero attached hydrogens (tertiary/aromatic N) is 5. The maximum absolute atomic E-state index is 5.04. The summed E-state index contributed by atoms with van der Waals surface area (Å²) in [6, 6.07) is 0.114. The zero-order valence-electron chi connectivity index (χ0n) is 9.88. The molecular formula is C11H12BrN5O. The molecule has 0 aliphatic carbocycles. The van der Waals surface area contributed by atoms with Gasteiger partial charge in [0.25, 0.3) is 0 Å². The molecule has 2 aromatic heterocycles. The molecule has 2 aromatic rings. The Balaban J connectivity index is 1.89. The van der Waals surface area contributed by atoms with E-state index in [-0.39, 0.29) is 6.04 Å². The van der Waals surface area contributed by atoms with Crippen LogP contribution in [0.25, 0.3) is 0 Å². The zero-order valence-corrected chi connectivity index (χ0v) is 11.5. The Morgan fingerprint density at radius 2 is 2.17 bits per heavy atom. The first-order valence-electron chi connectivity index (χ1n) is 5.78. The second-order valence-electron chi connectivity index (χ2n) is 4.22. The monoisotopic (exact) mass is 309 g/mol. The molecule has 0 spiro atoms. The first-order chi connectivity index (χ1) is 8.74. The molecule has 0 bridgehead atoms. The first-order valence-corrected chi connectivity index (χ1v) is 6.58. The lowest BCUT2D eigenvalue weighted by Gasteiger charge is -2.21. The number of aryl methyl sites for hydroxylation is 1. The van der Waals surface area contributed by atoms with E-state index in [4.69, 9.17) is 4.52 Å². The van der Waals surface area contributed by atoms with E-state index >= 15 is 0 Å². The van der Waals surface area contributed by atoms with Gasteiger partial charge >= 0.3 is 0 Å². The molecule has 0 saturated carbocycles. The van der Waals surface area contributed by atoms with Crippen molar-refractivity contribution in [3.63, 3.8) is 0 Å². The van der Waals surface area contributed by atoms with Gasteiger partial charge in [0.15, 0.2) is 5.82 Å². The summed E-state index contributed by atoms with van der Waals surface area (Å²) in [4.78, 5) is 15.1. The van der Waals surface area contributed by atoms with E-state index < -0.39 is 0 Å². The quantitative estimate of drug-likeness (QED) is 0.847. The summed E-state index contributed by atoms with van der Waals surface area (Å²) in [7, 11) is 0. The van der Waals surface area contributed by atoms with Gasteiger partial charge in [-0.1, -0.05) is 5.16 Å². The van der Waals surface area contributed by atoms with Crippen molar-refractivity contribution < 1.29 is 4.52 Å². The van der Waals surface area contributed by atoms with E-state index in [1.54, 1.807) is 19.3 Å². The SMILES string of the molecule is Cc1nc(C2CCCN2c2ncc(Br)cn2)no1. The number of hydrogen-bond donors (Lipinski definition) is 0. The summed E-state index contributed by atoms with van der Waals surface area (Å²) in [6.45, 7) is 2.71. The molecule has 1 atom stereocenters. The minimum atomic E-state index is 0.114. The van der Waals surface area contributed by atoms with Crippen molar-refractivity contribution >= 4 is 21.9 Å². The molecular weight excluding hydrogens is 298 g/mol. The van der Waals surface area contributed by atoms with Gasteiger partial charge in [0.05, 0.1) is 10.5 Å². The zero-order chi connectivity index (χ0) is 12.5.